The molecule has 0 saturated carbocycles. The molecule has 0 aliphatic rings. The number of carboxylic acids is 1. The Morgan fingerprint density at radius 2 is 1.95 bits per heavy atom. The second-order valence-corrected chi connectivity index (χ2v) is 5.55. The molecule has 19 heavy (non-hydrogen) atoms. The zero-order valence-electron chi connectivity index (χ0n) is 12.6. The maximum atomic E-state index is 11.8. The van der Waals surface area contributed by atoms with E-state index < -0.39 is 5.97 Å². The van der Waals surface area contributed by atoms with Gasteiger partial charge in [0, 0.05) is 26.6 Å². The van der Waals surface area contributed by atoms with Crippen molar-refractivity contribution in [2.75, 3.05) is 20.1 Å². The van der Waals surface area contributed by atoms with Gasteiger partial charge in [-0.25, -0.2) is 4.79 Å². The van der Waals surface area contributed by atoms with Gasteiger partial charge in [0.15, 0.2) is 0 Å². The van der Waals surface area contributed by atoms with E-state index in [0.29, 0.717) is 12.5 Å². The van der Waals surface area contributed by atoms with Gasteiger partial charge in [0.25, 0.3) is 0 Å². The maximum absolute atomic E-state index is 11.8. The molecule has 0 aliphatic carbocycles. The largest absolute Gasteiger partial charge is 0.481 e. The summed E-state index contributed by atoms with van der Waals surface area (Å²) < 4.78 is 0. The minimum Gasteiger partial charge on any atom is -0.481 e. The molecule has 0 heterocycles. The number of amides is 2. The van der Waals surface area contributed by atoms with E-state index in [4.69, 9.17) is 5.11 Å². The summed E-state index contributed by atoms with van der Waals surface area (Å²) >= 11 is 0. The molecule has 0 rings (SSSR count). The Labute approximate surface area is 116 Å². The lowest BCUT2D eigenvalue weighted by Crippen LogP contribution is -2.40. The van der Waals surface area contributed by atoms with E-state index in [1.807, 2.05) is 0 Å². The average molecular weight is 272 g/mol. The van der Waals surface area contributed by atoms with Gasteiger partial charge in [-0.2, -0.15) is 0 Å². The van der Waals surface area contributed by atoms with Gasteiger partial charge in [-0.15, -0.1) is 0 Å². The Bertz CT molecular complexity index is 280. The number of hydrogen-bond acceptors (Lipinski definition) is 2. The van der Waals surface area contributed by atoms with Crippen LogP contribution in [-0.4, -0.2) is 42.1 Å². The van der Waals surface area contributed by atoms with Crippen molar-refractivity contribution in [3.05, 3.63) is 0 Å². The highest BCUT2D eigenvalue weighted by molar-refractivity contribution is 5.74. The fraction of sp³-hybridized carbons (Fsp3) is 0.857. The lowest BCUT2D eigenvalue weighted by Gasteiger charge is -2.21. The van der Waals surface area contributed by atoms with Crippen LogP contribution in [0.3, 0.4) is 0 Å². The number of nitrogens with one attached hydrogen (secondary N) is 1. The SMILES string of the molecule is CCCCN(C)C(=O)NC[C@H](CC(=O)O)CC(C)C. The monoisotopic (exact) mass is 272 g/mol. The molecule has 112 valence electrons. The molecule has 5 heteroatoms. The molecule has 5 nitrogen and oxygen atoms in total. The first-order chi connectivity index (χ1) is 8.86. The van der Waals surface area contributed by atoms with Gasteiger partial charge < -0.3 is 15.3 Å². The van der Waals surface area contributed by atoms with Gasteiger partial charge in [0.05, 0.1) is 0 Å². The van der Waals surface area contributed by atoms with Gasteiger partial charge in [-0.1, -0.05) is 27.2 Å². The predicted octanol–water partition coefficient (Wildman–Crippen LogP) is 2.56. The molecule has 2 amide bonds. The minimum absolute atomic E-state index is 0.000949. The Morgan fingerprint density at radius 1 is 1.32 bits per heavy atom. The van der Waals surface area contributed by atoms with Crippen LogP contribution in [0.2, 0.25) is 0 Å². The number of carboxylic acid groups (broad SMARTS) is 1. The van der Waals surface area contributed by atoms with E-state index in [1.165, 1.54) is 0 Å². The number of unbranched alkanes of at least 4 members (excludes halogenated alkanes) is 1. The molecule has 0 fully saturated rings. The Kier molecular flexibility index (Phi) is 9.00. The van der Waals surface area contributed by atoms with Gasteiger partial charge >= 0.3 is 12.0 Å². The van der Waals surface area contributed by atoms with Crippen LogP contribution in [0.25, 0.3) is 0 Å². The molecular weight excluding hydrogens is 244 g/mol. The molecular formula is C14H28N2O3. The normalized spacial score (nSPS) is 12.3. The Balaban J connectivity index is 4.14. The summed E-state index contributed by atoms with van der Waals surface area (Å²) in [5.74, 6) is -0.376. The van der Waals surface area contributed by atoms with E-state index in [1.54, 1.807) is 11.9 Å². The second-order valence-electron chi connectivity index (χ2n) is 5.55. The van der Waals surface area contributed by atoms with Crippen LogP contribution >= 0.6 is 0 Å². The summed E-state index contributed by atoms with van der Waals surface area (Å²) in [6, 6.07) is -0.118. The summed E-state index contributed by atoms with van der Waals surface area (Å²) in [6.07, 6.45) is 2.95. The second kappa shape index (κ2) is 9.64. The molecule has 0 bridgehead atoms. The first kappa shape index (κ1) is 17.7. The lowest BCUT2D eigenvalue weighted by molar-refractivity contribution is -0.138. The number of hydrogen-bond donors (Lipinski definition) is 2. The Morgan fingerprint density at radius 3 is 2.42 bits per heavy atom. The van der Waals surface area contributed by atoms with Crippen LogP contribution < -0.4 is 5.32 Å². The van der Waals surface area contributed by atoms with Crippen molar-refractivity contribution >= 4 is 12.0 Å². The highest BCUT2D eigenvalue weighted by atomic mass is 16.4. The predicted molar refractivity (Wildman–Crippen MR) is 76.1 cm³/mol. The molecule has 0 radical (unpaired) electrons. The van der Waals surface area contributed by atoms with Crippen LogP contribution in [0, 0.1) is 11.8 Å². The first-order valence-electron chi connectivity index (χ1n) is 7.07. The van der Waals surface area contributed by atoms with Crippen molar-refractivity contribution < 1.29 is 14.7 Å². The van der Waals surface area contributed by atoms with E-state index in [2.05, 4.69) is 26.1 Å². The van der Waals surface area contributed by atoms with Gasteiger partial charge in [-0.05, 0) is 24.7 Å². The summed E-state index contributed by atoms with van der Waals surface area (Å²) in [4.78, 5) is 24.2. The molecule has 1 atom stereocenters. The van der Waals surface area contributed by atoms with E-state index >= 15 is 0 Å². The summed E-state index contributed by atoms with van der Waals surface area (Å²) in [5.41, 5.74) is 0. The standard InChI is InChI=1S/C14H28N2O3/c1-5-6-7-16(4)14(19)15-10-12(8-11(2)3)9-13(17)18/h11-12H,5-10H2,1-4H3,(H,15,19)(H,17,18)/t12-/m0/s1. The van der Waals surface area contributed by atoms with E-state index in [-0.39, 0.29) is 18.4 Å². The first-order valence-corrected chi connectivity index (χ1v) is 7.07. The third-order valence-electron chi connectivity index (χ3n) is 3.00. The smallest absolute Gasteiger partial charge is 0.317 e. The highest BCUT2D eigenvalue weighted by Crippen LogP contribution is 2.14. The zero-order chi connectivity index (χ0) is 14.8. The van der Waals surface area contributed by atoms with Crippen molar-refractivity contribution in [3.63, 3.8) is 0 Å². The zero-order valence-corrected chi connectivity index (χ0v) is 12.6. The third kappa shape index (κ3) is 9.33. The van der Waals surface area contributed by atoms with Crippen molar-refractivity contribution in [2.24, 2.45) is 11.8 Å². The van der Waals surface area contributed by atoms with Crippen LogP contribution in [0.5, 0.6) is 0 Å². The fourth-order valence-electron chi connectivity index (χ4n) is 2.02. The van der Waals surface area contributed by atoms with Crippen molar-refractivity contribution in [1.29, 1.82) is 0 Å². The molecule has 0 aliphatic heterocycles. The van der Waals surface area contributed by atoms with E-state index in [0.717, 1.165) is 25.8 Å². The van der Waals surface area contributed by atoms with Crippen LogP contribution in [0.4, 0.5) is 4.79 Å². The van der Waals surface area contributed by atoms with Gasteiger partial charge in [0.1, 0.15) is 0 Å². The number of carbonyl (C=O) groups is 2. The van der Waals surface area contributed by atoms with Crippen molar-refractivity contribution in [1.82, 2.24) is 10.2 Å². The van der Waals surface area contributed by atoms with Crippen LogP contribution in [-0.2, 0) is 4.79 Å². The fourth-order valence-corrected chi connectivity index (χ4v) is 2.02. The minimum atomic E-state index is -0.806. The average Bonchev–Trinajstić information content (AvgIpc) is 2.31. The van der Waals surface area contributed by atoms with Crippen molar-refractivity contribution in [2.45, 2.75) is 46.5 Å². The number of rotatable bonds is 9. The van der Waals surface area contributed by atoms with Crippen LogP contribution in [0.1, 0.15) is 46.5 Å². The molecule has 0 saturated heterocycles. The number of nitrogens with zero attached hydrogens (tertiary/aromatic N) is 1. The summed E-state index contributed by atoms with van der Waals surface area (Å²) in [5, 5.41) is 11.7. The quantitative estimate of drug-likeness (QED) is 0.677. The van der Waals surface area contributed by atoms with Crippen molar-refractivity contribution in [3.8, 4) is 0 Å². The molecule has 0 aromatic rings. The summed E-state index contributed by atoms with van der Waals surface area (Å²) in [6.45, 7) is 7.36. The third-order valence-corrected chi connectivity index (χ3v) is 3.00. The number of urea groups is 1. The van der Waals surface area contributed by atoms with Gasteiger partial charge in [-0.3, -0.25) is 4.79 Å². The highest BCUT2D eigenvalue weighted by Gasteiger charge is 2.17. The molecule has 2 N–H and O–H groups in total. The maximum Gasteiger partial charge on any atom is 0.317 e. The van der Waals surface area contributed by atoms with Gasteiger partial charge in [0.2, 0.25) is 0 Å². The molecule has 0 unspecified atom stereocenters. The Hall–Kier alpha value is -1.26. The van der Waals surface area contributed by atoms with E-state index in [9.17, 15) is 9.59 Å². The lowest BCUT2D eigenvalue weighted by atomic mass is 9.94. The topological polar surface area (TPSA) is 69.6 Å². The number of aliphatic carboxylic acids is 1. The number of carbonyl (C=O) groups excluding carboxylic acids is 1. The molecule has 0 aromatic carbocycles. The molecule has 0 spiro atoms. The summed E-state index contributed by atoms with van der Waals surface area (Å²) in [7, 11) is 1.76. The molecule has 0 aromatic heterocycles. The van der Waals surface area contributed by atoms with Crippen LogP contribution in [0.15, 0.2) is 0 Å².